The second-order valence-electron chi connectivity index (χ2n) is 5.24. The van der Waals surface area contributed by atoms with E-state index >= 15 is 0 Å². The zero-order valence-corrected chi connectivity index (χ0v) is 16.8. The van der Waals surface area contributed by atoms with Crippen molar-refractivity contribution >= 4 is 6.09 Å². The van der Waals surface area contributed by atoms with E-state index in [0.29, 0.717) is 19.6 Å². The van der Waals surface area contributed by atoms with Gasteiger partial charge in [-0.1, -0.05) is 6.54 Å². The van der Waals surface area contributed by atoms with Crippen LogP contribution < -0.4 is 5.73 Å². The van der Waals surface area contributed by atoms with Gasteiger partial charge >= 0.3 is 37.2 Å². The van der Waals surface area contributed by atoms with Gasteiger partial charge in [0, 0.05) is 20.1 Å². The van der Waals surface area contributed by atoms with Crippen molar-refractivity contribution in [1.82, 2.24) is 9.80 Å². The third-order valence-corrected chi connectivity index (χ3v) is 2.26. The van der Waals surface area contributed by atoms with E-state index in [4.69, 9.17) is 10.5 Å². The molecule has 0 aromatic rings. The van der Waals surface area contributed by atoms with E-state index in [1.807, 2.05) is 27.2 Å². The van der Waals surface area contributed by atoms with Crippen LogP contribution in [0.2, 0.25) is 0 Å². The van der Waals surface area contributed by atoms with Gasteiger partial charge in [0.05, 0.1) is 0 Å². The molecule has 0 rings (SSSR count). The minimum Gasteiger partial charge on any atom is -0.444 e. The number of rotatable bonds is 7. The summed E-state index contributed by atoms with van der Waals surface area (Å²) in [7, 11) is 1.72. The first kappa shape index (κ1) is 21.5. The monoisotopic (exact) mass is 495 g/mol. The van der Waals surface area contributed by atoms with Crippen molar-refractivity contribution in [3.8, 4) is 0 Å². The van der Waals surface area contributed by atoms with Crippen LogP contribution >= 0.6 is 0 Å². The molecular weight excluding hydrogens is 468 g/mol. The minimum absolute atomic E-state index is 0. The predicted octanol–water partition coefficient (Wildman–Crippen LogP) is 1.15. The van der Waals surface area contributed by atoms with Crippen LogP contribution in [0.5, 0.6) is 0 Å². The number of carbonyl (C=O) groups is 1. The number of hydrogen-bond donors (Lipinski definition) is 1. The maximum atomic E-state index is 11.7. The maximum Gasteiger partial charge on any atom is 2.00 e. The van der Waals surface area contributed by atoms with Crippen LogP contribution in [0.25, 0.3) is 0 Å². The first-order valence-corrected chi connectivity index (χ1v) is 6.27. The molecule has 110 valence electrons. The van der Waals surface area contributed by atoms with Crippen LogP contribution in [0.15, 0.2) is 0 Å². The Balaban J connectivity index is 0. The molecule has 0 saturated carbocycles. The normalized spacial score (nSPS) is 11.1. The molecule has 0 atom stereocenters. The first-order chi connectivity index (χ1) is 8.30. The smallest absolute Gasteiger partial charge is 0.444 e. The topological polar surface area (TPSA) is 58.8 Å². The Labute approximate surface area is 141 Å². The van der Waals surface area contributed by atoms with Crippen LogP contribution in [0.1, 0.15) is 20.8 Å². The zero-order chi connectivity index (χ0) is 14.2. The van der Waals surface area contributed by atoms with E-state index in [2.05, 4.69) is 11.8 Å². The van der Waals surface area contributed by atoms with Gasteiger partial charge < -0.3 is 27.2 Å². The second kappa shape index (κ2) is 11.0. The molecule has 0 bridgehead atoms. The molecule has 6 heteroatoms. The van der Waals surface area contributed by atoms with Crippen molar-refractivity contribution < 1.29 is 40.6 Å². The largest absolute Gasteiger partial charge is 2.00 e. The van der Waals surface area contributed by atoms with Gasteiger partial charge in [0.2, 0.25) is 0 Å². The standard InChI is InChI=1S/C13H27N3O2.U/c1-6-16(11-8-14)10-7-9-15(5)12(17)18-13(2,3)4;/h7H,1,6,8-11,14H2,2-5H3;/q-2;+2. The van der Waals surface area contributed by atoms with Gasteiger partial charge in [0.15, 0.2) is 0 Å². The number of amides is 1. The molecule has 0 aliphatic rings. The Morgan fingerprint density at radius 3 is 2.37 bits per heavy atom. The SMILES string of the molecule is [CH2-]CN(C[CH-]CN(C)C(=O)OC(C)(C)C)CCN.[U+2]. The molecule has 0 spiro atoms. The fourth-order valence-corrected chi connectivity index (χ4v) is 1.33. The molecule has 0 saturated heterocycles. The summed E-state index contributed by atoms with van der Waals surface area (Å²) in [6, 6.07) is 0. The average molecular weight is 495 g/mol. The third kappa shape index (κ3) is 11.7. The van der Waals surface area contributed by atoms with Gasteiger partial charge in [-0.25, -0.2) is 4.79 Å². The number of nitrogens with zero attached hydrogens (tertiary/aromatic N) is 2. The van der Waals surface area contributed by atoms with Crippen LogP contribution in [0.3, 0.4) is 0 Å². The molecular formula is C13H27N3O2U. The zero-order valence-electron chi connectivity index (χ0n) is 12.6. The van der Waals surface area contributed by atoms with Crippen molar-refractivity contribution in [3.63, 3.8) is 0 Å². The molecule has 0 radical (unpaired) electrons. The minimum atomic E-state index is -0.454. The van der Waals surface area contributed by atoms with E-state index in [1.165, 1.54) is 0 Å². The average Bonchev–Trinajstić information content (AvgIpc) is 2.25. The number of hydrogen-bond acceptors (Lipinski definition) is 4. The van der Waals surface area contributed by atoms with Gasteiger partial charge in [0.1, 0.15) is 5.60 Å². The van der Waals surface area contributed by atoms with Crippen LogP contribution in [-0.4, -0.2) is 61.3 Å². The summed E-state index contributed by atoms with van der Waals surface area (Å²) < 4.78 is 5.25. The summed E-state index contributed by atoms with van der Waals surface area (Å²) >= 11 is 0. The molecule has 19 heavy (non-hydrogen) atoms. The van der Waals surface area contributed by atoms with Gasteiger partial charge in [-0.2, -0.15) is 0 Å². The number of carbonyl (C=O) groups excluding carboxylic acids is 1. The Bertz CT molecular complexity index is 245. The summed E-state index contributed by atoms with van der Waals surface area (Å²) in [6.45, 7) is 12.9. The molecule has 5 nitrogen and oxygen atoms in total. The van der Waals surface area contributed by atoms with Crippen molar-refractivity contribution in [1.29, 1.82) is 0 Å². The molecule has 0 aromatic heterocycles. The molecule has 0 aliphatic carbocycles. The summed E-state index contributed by atoms with van der Waals surface area (Å²) in [4.78, 5) is 15.3. The summed E-state index contributed by atoms with van der Waals surface area (Å²) in [6.07, 6.45) is 1.71. The Morgan fingerprint density at radius 2 is 1.95 bits per heavy atom. The predicted molar refractivity (Wildman–Crippen MR) is 74.0 cm³/mol. The van der Waals surface area contributed by atoms with E-state index < -0.39 is 5.60 Å². The molecule has 0 unspecified atom stereocenters. The fraction of sp³-hybridized carbons (Fsp3) is 0.769. The molecule has 0 heterocycles. The van der Waals surface area contributed by atoms with Crippen molar-refractivity contribution in [3.05, 3.63) is 13.3 Å². The fourth-order valence-electron chi connectivity index (χ4n) is 1.33. The molecule has 0 aliphatic heterocycles. The van der Waals surface area contributed by atoms with Gasteiger partial charge in [-0.15, -0.1) is 13.1 Å². The van der Waals surface area contributed by atoms with Crippen molar-refractivity contribution in [2.45, 2.75) is 26.4 Å². The molecule has 0 fully saturated rings. The Hall–Kier alpha value is 0.242. The first-order valence-electron chi connectivity index (χ1n) is 6.27. The Kier molecular flexibility index (Phi) is 12.4. The van der Waals surface area contributed by atoms with Gasteiger partial charge in [-0.3, -0.25) is 6.42 Å². The number of nitrogens with two attached hydrogens (primary N) is 1. The van der Waals surface area contributed by atoms with E-state index in [0.717, 1.165) is 13.1 Å². The molecule has 1 amide bonds. The summed E-state index contributed by atoms with van der Waals surface area (Å²) in [5, 5.41) is 0. The third-order valence-electron chi connectivity index (χ3n) is 2.26. The van der Waals surface area contributed by atoms with Crippen LogP contribution in [-0.2, 0) is 4.74 Å². The summed E-state index contributed by atoms with van der Waals surface area (Å²) in [5.74, 6) is 0. The Morgan fingerprint density at radius 1 is 1.37 bits per heavy atom. The molecule has 0 aromatic carbocycles. The van der Waals surface area contributed by atoms with E-state index in [9.17, 15) is 4.79 Å². The number of ether oxygens (including phenoxy) is 1. The van der Waals surface area contributed by atoms with Gasteiger partial charge in [-0.05, 0) is 20.8 Å². The van der Waals surface area contributed by atoms with Crippen LogP contribution in [0.4, 0.5) is 4.79 Å². The van der Waals surface area contributed by atoms with Gasteiger partial charge in [0.25, 0.3) is 0 Å². The van der Waals surface area contributed by atoms with Crippen molar-refractivity contribution in [2.24, 2.45) is 5.73 Å². The summed E-state index contributed by atoms with van der Waals surface area (Å²) in [5.41, 5.74) is 5.03. The quantitative estimate of drug-likeness (QED) is 0.539. The molecule has 2 N–H and O–H groups in total. The van der Waals surface area contributed by atoms with Crippen LogP contribution in [0, 0.1) is 44.5 Å². The second-order valence-corrected chi connectivity index (χ2v) is 5.24. The van der Waals surface area contributed by atoms with Crippen molar-refractivity contribution in [2.75, 3.05) is 39.8 Å². The van der Waals surface area contributed by atoms with E-state index in [-0.39, 0.29) is 37.2 Å². The van der Waals surface area contributed by atoms with E-state index in [1.54, 1.807) is 11.9 Å². The maximum absolute atomic E-state index is 11.7.